The molecule has 0 radical (unpaired) electrons. The fourth-order valence-corrected chi connectivity index (χ4v) is 2.14. The number of nitrogens with zero attached hydrogens (tertiary/aromatic N) is 1. The molecule has 0 bridgehead atoms. The van der Waals surface area contributed by atoms with Crippen LogP contribution in [0.2, 0.25) is 0 Å². The fraction of sp³-hybridized carbons (Fsp3) is 0.923. The molecule has 1 unspecified atom stereocenters. The Labute approximate surface area is 135 Å². The predicted octanol–water partition coefficient (Wildman–Crippen LogP) is 1.06. The van der Waals surface area contributed by atoms with E-state index < -0.39 is 0 Å². The summed E-state index contributed by atoms with van der Waals surface area (Å²) >= 11 is 0. The summed E-state index contributed by atoms with van der Waals surface area (Å²) in [5.74, 6) is 0.170. The molecule has 122 valence electrons. The van der Waals surface area contributed by atoms with Crippen LogP contribution in [0.1, 0.15) is 25.7 Å². The molecule has 0 aromatic heterocycles. The summed E-state index contributed by atoms with van der Waals surface area (Å²) in [7, 11) is 3.74. The highest BCUT2D eigenvalue weighted by molar-refractivity contribution is 5.85. The summed E-state index contributed by atoms with van der Waals surface area (Å²) in [6.07, 6.45) is 4.06. The average molecular weight is 330 g/mol. The first-order valence-electron chi connectivity index (χ1n) is 6.90. The highest BCUT2D eigenvalue weighted by Gasteiger charge is 2.14. The molecule has 1 atom stereocenters. The summed E-state index contributed by atoms with van der Waals surface area (Å²) < 4.78 is 5.00. The molecule has 0 saturated carbocycles. The van der Waals surface area contributed by atoms with Crippen molar-refractivity contribution in [1.29, 1.82) is 0 Å². The molecule has 0 aliphatic carbocycles. The number of likely N-dealkylation sites (N-methyl/N-ethyl adjacent to an activating group) is 1. The minimum Gasteiger partial charge on any atom is -0.383 e. The molecule has 20 heavy (non-hydrogen) atoms. The quantitative estimate of drug-likeness (QED) is 0.664. The standard InChI is InChI=1S/C13H27N3O2.2ClH/c1-16(10-11-18-2)9-8-15-13(17)6-5-12-4-3-7-14-12;;/h12,14H,3-11H2,1-2H3,(H,15,17);2*1H. The molecule has 1 aliphatic rings. The van der Waals surface area contributed by atoms with E-state index >= 15 is 0 Å². The van der Waals surface area contributed by atoms with Gasteiger partial charge in [-0.1, -0.05) is 0 Å². The van der Waals surface area contributed by atoms with Crippen LogP contribution in [0.5, 0.6) is 0 Å². The third-order valence-electron chi connectivity index (χ3n) is 3.38. The minimum absolute atomic E-state index is 0. The summed E-state index contributed by atoms with van der Waals surface area (Å²) in [6.45, 7) is 4.33. The van der Waals surface area contributed by atoms with Crippen molar-refractivity contribution in [2.24, 2.45) is 0 Å². The molecule has 1 rings (SSSR count). The first-order chi connectivity index (χ1) is 8.72. The molecule has 1 fully saturated rings. The first-order valence-corrected chi connectivity index (χ1v) is 6.90. The summed E-state index contributed by atoms with van der Waals surface area (Å²) in [6, 6.07) is 0.556. The number of methoxy groups -OCH3 is 1. The number of nitrogens with one attached hydrogen (secondary N) is 2. The molecule has 1 aliphatic heterocycles. The van der Waals surface area contributed by atoms with Gasteiger partial charge in [-0.05, 0) is 32.9 Å². The van der Waals surface area contributed by atoms with Crippen LogP contribution in [-0.4, -0.2) is 63.8 Å². The second-order valence-corrected chi connectivity index (χ2v) is 4.98. The van der Waals surface area contributed by atoms with Gasteiger partial charge in [-0.3, -0.25) is 4.79 Å². The van der Waals surface area contributed by atoms with Crippen molar-refractivity contribution in [1.82, 2.24) is 15.5 Å². The van der Waals surface area contributed by atoms with Crippen molar-refractivity contribution in [2.45, 2.75) is 31.7 Å². The van der Waals surface area contributed by atoms with E-state index in [9.17, 15) is 4.79 Å². The zero-order valence-corrected chi connectivity index (χ0v) is 14.2. The van der Waals surface area contributed by atoms with Gasteiger partial charge in [0, 0.05) is 39.2 Å². The third kappa shape index (κ3) is 10.7. The van der Waals surface area contributed by atoms with E-state index in [1.165, 1.54) is 12.8 Å². The van der Waals surface area contributed by atoms with Crippen LogP contribution in [0, 0.1) is 0 Å². The second-order valence-electron chi connectivity index (χ2n) is 4.98. The van der Waals surface area contributed by atoms with E-state index in [0.717, 1.165) is 39.2 Å². The molecule has 0 spiro atoms. The van der Waals surface area contributed by atoms with E-state index in [1.54, 1.807) is 7.11 Å². The van der Waals surface area contributed by atoms with E-state index in [2.05, 4.69) is 15.5 Å². The van der Waals surface area contributed by atoms with E-state index in [4.69, 9.17) is 4.74 Å². The van der Waals surface area contributed by atoms with E-state index in [-0.39, 0.29) is 30.7 Å². The van der Waals surface area contributed by atoms with Crippen LogP contribution >= 0.6 is 24.8 Å². The lowest BCUT2D eigenvalue weighted by Gasteiger charge is -2.16. The molecule has 0 aromatic carbocycles. The van der Waals surface area contributed by atoms with Gasteiger partial charge < -0.3 is 20.3 Å². The number of carbonyl (C=O) groups excluding carboxylic acids is 1. The van der Waals surface area contributed by atoms with Gasteiger partial charge >= 0.3 is 0 Å². The van der Waals surface area contributed by atoms with Crippen molar-refractivity contribution in [2.75, 3.05) is 46.9 Å². The van der Waals surface area contributed by atoms with Crippen LogP contribution in [0.25, 0.3) is 0 Å². The molecule has 0 aromatic rings. The van der Waals surface area contributed by atoms with Crippen molar-refractivity contribution >= 4 is 30.7 Å². The van der Waals surface area contributed by atoms with E-state index in [1.807, 2.05) is 7.05 Å². The molecule has 2 N–H and O–H groups in total. The number of rotatable bonds is 9. The minimum atomic E-state index is 0. The normalized spacial score (nSPS) is 17.4. The second kappa shape index (κ2) is 13.9. The summed E-state index contributed by atoms with van der Waals surface area (Å²) in [5, 5.41) is 6.37. The molecular formula is C13H29Cl2N3O2. The molecule has 1 heterocycles. The molecule has 1 amide bonds. The lowest BCUT2D eigenvalue weighted by molar-refractivity contribution is -0.121. The van der Waals surface area contributed by atoms with Gasteiger partial charge in [-0.15, -0.1) is 24.8 Å². The molecule has 7 heteroatoms. The Morgan fingerprint density at radius 3 is 2.75 bits per heavy atom. The number of ether oxygens (including phenoxy) is 1. The van der Waals surface area contributed by atoms with Gasteiger partial charge in [0.05, 0.1) is 6.61 Å². The van der Waals surface area contributed by atoms with Crippen molar-refractivity contribution in [3.8, 4) is 0 Å². The van der Waals surface area contributed by atoms with Crippen molar-refractivity contribution < 1.29 is 9.53 Å². The Morgan fingerprint density at radius 2 is 2.15 bits per heavy atom. The smallest absolute Gasteiger partial charge is 0.220 e. The lowest BCUT2D eigenvalue weighted by atomic mass is 10.1. The number of carbonyl (C=O) groups is 1. The fourth-order valence-electron chi connectivity index (χ4n) is 2.14. The molecule has 1 saturated heterocycles. The number of amides is 1. The third-order valence-corrected chi connectivity index (χ3v) is 3.38. The molecular weight excluding hydrogens is 301 g/mol. The Kier molecular flexibility index (Phi) is 15.4. The van der Waals surface area contributed by atoms with E-state index in [0.29, 0.717) is 12.5 Å². The Hall–Kier alpha value is -0.0700. The maximum absolute atomic E-state index is 11.6. The maximum atomic E-state index is 11.6. The monoisotopic (exact) mass is 329 g/mol. The highest BCUT2D eigenvalue weighted by Crippen LogP contribution is 2.10. The summed E-state index contributed by atoms with van der Waals surface area (Å²) in [5.41, 5.74) is 0. The van der Waals surface area contributed by atoms with Crippen LogP contribution in [0.15, 0.2) is 0 Å². The molecule has 5 nitrogen and oxygen atoms in total. The van der Waals surface area contributed by atoms with Crippen molar-refractivity contribution in [3.05, 3.63) is 0 Å². The van der Waals surface area contributed by atoms with Gasteiger partial charge in [-0.25, -0.2) is 0 Å². The number of hydrogen-bond acceptors (Lipinski definition) is 4. The van der Waals surface area contributed by atoms with Crippen LogP contribution in [0.4, 0.5) is 0 Å². The Bertz CT molecular complexity index is 240. The van der Waals surface area contributed by atoms with Crippen LogP contribution < -0.4 is 10.6 Å². The van der Waals surface area contributed by atoms with Gasteiger partial charge in [0.1, 0.15) is 0 Å². The van der Waals surface area contributed by atoms with Crippen LogP contribution in [-0.2, 0) is 9.53 Å². The topological polar surface area (TPSA) is 53.6 Å². The van der Waals surface area contributed by atoms with Crippen LogP contribution in [0.3, 0.4) is 0 Å². The van der Waals surface area contributed by atoms with Gasteiger partial charge in [0.15, 0.2) is 0 Å². The largest absolute Gasteiger partial charge is 0.383 e. The Morgan fingerprint density at radius 1 is 1.40 bits per heavy atom. The predicted molar refractivity (Wildman–Crippen MR) is 87.1 cm³/mol. The van der Waals surface area contributed by atoms with Crippen molar-refractivity contribution in [3.63, 3.8) is 0 Å². The average Bonchev–Trinajstić information content (AvgIpc) is 2.87. The van der Waals surface area contributed by atoms with Gasteiger partial charge in [-0.2, -0.15) is 0 Å². The van der Waals surface area contributed by atoms with Gasteiger partial charge in [0.25, 0.3) is 0 Å². The first kappa shape index (κ1) is 22.2. The number of halogens is 2. The zero-order chi connectivity index (χ0) is 13.2. The zero-order valence-electron chi connectivity index (χ0n) is 12.5. The lowest BCUT2D eigenvalue weighted by Crippen LogP contribution is -2.35. The SMILES string of the molecule is COCCN(C)CCNC(=O)CCC1CCCN1.Cl.Cl. The maximum Gasteiger partial charge on any atom is 0.220 e. The van der Waals surface area contributed by atoms with Gasteiger partial charge in [0.2, 0.25) is 5.91 Å². The number of hydrogen-bond donors (Lipinski definition) is 2. The highest BCUT2D eigenvalue weighted by atomic mass is 35.5. The Balaban J connectivity index is 0. The summed E-state index contributed by atoms with van der Waals surface area (Å²) in [4.78, 5) is 13.8.